The number of fused-ring (bicyclic) bond motifs is 1. The summed E-state index contributed by atoms with van der Waals surface area (Å²) >= 11 is 4.29. The fourth-order valence-electron chi connectivity index (χ4n) is 6.78. The molecule has 1 saturated heterocycles. The summed E-state index contributed by atoms with van der Waals surface area (Å²) in [6, 6.07) is 33.7. The molecule has 2 amide bonds. The first-order valence-corrected chi connectivity index (χ1v) is 23.0. The Morgan fingerprint density at radius 3 is 2.02 bits per heavy atom. The van der Waals surface area contributed by atoms with Gasteiger partial charge in [0.15, 0.2) is 10.8 Å². The van der Waals surface area contributed by atoms with Crippen LogP contribution in [0.5, 0.6) is 0 Å². The van der Waals surface area contributed by atoms with Gasteiger partial charge >= 0.3 is 17.8 Å². The highest BCUT2D eigenvalue weighted by molar-refractivity contribution is 8.01. The van der Waals surface area contributed by atoms with E-state index < -0.39 is 40.3 Å². The number of thioether (sulfide) groups is 2. The van der Waals surface area contributed by atoms with Crippen molar-refractivity contribution in [2.75, 3.05) is 29.3 Å². The highest BCUT2D eigenvalue weighted by Gasteiger charge is 2.46. The van der Waals surface area contributed by atoms with E-state index in [1.807, 2.05) is 116 Å². The summed E-state index contributed by atoms with van der Waals surface area (Å²) in [5.41, 5.74) is 5.07. The first-order chi connectivity index (χ1) is 30.2. The third-order valence-corrected chi connectivity index (χ3v) is 13.1. The molecule has 3 aromatic carbocycles. The van der Waals surface area contributed by atoms with Gasteiger partial charge in [0.05, 0.1) is 18.8 Å². The van der Waals surface area contributed by atoms with Crippen molar-refractivity contribution in [1.82, 2.24) is 15.4 Å². The second-order valence-electron chi connectivity index (χ2n) is 16.0. The lowest BCUT2D eigenvalue weighted by Crippen LogP contribution is -2.54. The molecule has 0 saturated carbocycles. The number of oxime groups is 1. The molecule has 1 fully saturated rings. The number of hydroxylamine groups is 1. The quantitative estimate of drug-likeness (QED) is 0.0192. The van der Waals surface area contributed by atoms with E-state index in [1.54, 1.807) is 49.6 Å². The van der Waals surface area contributed by atoms with Crippen molar-refractivity contribution >= 4 is 69.5 Å². The van der Waals surface area contributed by atoms with E-state index in [2.05, 4.69) is 21.4 Å². The lowest BCUT2D eigenvalue weighted by atomic mass is 9.77. The Hall–Kier alpha value is -6.17. The Morgan fingerprint density at radius 1 is 0.889 bits per heavy atom. The average Bonchev–Trinajstić information content (AvgIpc) is 3.74. The molecule has 0 radical (unpaired) electrons. The molecule has 1 atom stereocenters. The van der Waals surface area contributed by atoms with Crippen LogP contribution in [0.4, 0.5) is 5.13 Å². The van der Waals surface area contributed by atoms with Gasteiger partial charge in [0, 0.05) is 33.9 Å². The van der Waals surface area contributed by atoms with Crippen molar-refractivity contribution in [2.45, 2.75) is 68.0 Å². The summed E-state index contributed by atoms with van der Waals surface area (Å²) in [4.78, 5) is 72.6. The summed E-state index contributed by atoms with van der Waals surface area (Å²) in [6.07, 6.45) is 4.03. The van der Waals surface area contributed by atoms with Crippen molar-refractivity contribution in [3.63, 3.8) is 0 Å². The van der Waals surface area contributed by atoms with E-state index in [1.165, 1.54) is 41.8 Å². The first kappa shape index (κ1) is 44.9. The minimum atomic E-state index is -1.65. The number of nitrogens with one attached hydrogen (secondary N) is 3. The van der Waals surface area contributed by atoms with Gasteiger partial charge in [-0.3, -0.25) is 14.5 Å². The number of β-lactam (4-membered cyclic amide) rings is 1. The third kappa shape index (κ3) is 10.2. The molecule has 2 aliphatic heterocycles. The Kier molecular flexibility index (Phi) is 13.6. The van der Waals surface area contributed by atoms with Crippen molar-refractivity contribution in [2.24, 2.45) is 5.16 Å². The monoisotopic (exact) mass is 906 g/mol. The zero-order valence-corrected chi connectivity index (χ0v) is 38.1. The summed E-state index contributed by atoms with van der Waals surface area (Å²) in [6.45, 7) is 8.10. The lowest BCUT2D eigenvalue weighted by molar-refractivity contribution is -0.647. The Balaban J connectivity index is 1.20. The molecule has 3 N–H and O–H groups in total. The van der Waals surface area contributed by atoms with Crippen LogP contribution in [0.1, 0.15) is 63.4 Å². The van der Waals surface area contributed by atoms with Crippen LogP contribution < -0.4 is 20.9 Å². The van der Waals surface area contributed by atoms with Crippen LogP contribution >= 0.6 is 34.9 Å². The van der Waals surface area contributed by atoms with Crippen LogP contribution in [0.3, 0.4) is 0 Å². The number of ether oxygens (including phenoxy) is 1. The van der Waals surface area contributed by atoms with E-state index in [4.69, 9.17) is 19.4 Å². The minimum absolute atomic E-state index is 0.0601. The number of hydrogen-bond donors (Lipinski definition) is 3. The van der Waals surface area contributed by atoms with Crippen LogP contribution in [0.25, 0.3) is 0 Å². The summed E-state index contributed by atoms with van der Waals surface area (Å²) < 4.78 is 7.36. The van der Waals surface area contributed by atoms with Gasteiger partial charge in [-0.05, 0) is 56.9 Å². The number of anilines is 1. The molecule has 14 nitrogen and oxygen atoms in total. The molecule has 2 aromatic heterocycles. The molecule has 63 heavy (non-hydrogen) atoms. The highest BCUT2D eigenvalue weighted by Crippen LogP contribution is 2.42. The number of pyridine rings is 1. The Morgan fingerprint density at radius 2 is 1.48 bits per heavy atom. The highest BCUT2D eigenvalue weighted by atomic mass is 32.2. The molecule has 0 spiro atoms. The molecular weight excluding hydrogens is 859 g/mol. The third-order valence-electron chi connectivity index (χ3n) is 9.96. The number of thiazole rings is 1. The number of esters is 1. The summed E-state index contributed by atoms with van der Waals surface area (Å²) in [7, 11) is 1.81. The standard InChI is InChI=1S/C46H47N7O7S3/c1-44(2,3)58-42(57)45(4,5)60-50-38(40(55)51-59-41(56)39-30(28-62-37-26-36(54)53(37)39)27-61-34-22-24-52(47-6)25-23-34)35-29-63-43(48-35)49-46(31-16-10-7-11-17-31,32-18-12-8-13-19-32)33-20-14-9-15-21-33/h7-25,29,37,47H,26-28H2,1-6H3,(H-,48,49,51,55)/p+1/b50-38-/t37-/m0/s1. The molecule has 326 valence electrons. The fraction of sp³-hybridized carbons (Fsp3) is 0.283. The predicted octanol–water partition coefficient (Wildman–Crippen LogP) is 6.77. The van der Waals surface area contributed by atoms with Gasteiger partial charge in [-0.2, -0.15) is 10.9 Å². The number of aromatic nitrogens is 2. The molecular formula is C46H48N7O7S3+. The molecule has 0 bridgehead atoms. The van der Waals surface area contributed by atoms with Crippen LogP contribution in [-0.4, -0.2) is 74.5 Å². The fourth-order valence-corrected chi connectivity index (χ4v) is 9.82. The van der Waals surface area contributed by atoms with Gasteiger partial charge < -0.3 is 19.7 Å². The van der Waals surface area contributed by atoms with Crippen LogP contribution in [0.2, 0.25) is 0 Å². The van der Waals surface area contributed by atoms with Crippen molar-refractivity contribution in [3.05, 3.63) is 155 Å². The normalized spacial score (nSPS) is 15.5. The maximum Gasteiger partial charge on any atom is 0.379 e. The maximum absolute atomic E-state index is 14.2. The number of carbonyl (C=O) groups is 4. The van der Waals surface area contributed by atoms with Crippen LogP contribution in [0.15, 0.2) is 142 Å². The van der Waals surface area contributed by atoms with E-state index in [0.717, 1.165) is 21.6 Å². The van der Waals surface area contributed by atoms with Gasteiger partial charge in [-0.15, -0.1) is 34.9 Å². The molecule has 17 heteroatoms. The second kappa shape index (κ2) is 19.1. The van der Waals surface area contributed by atoms with E-state index in [-0.39, 0.29) is 22.7 Å². The maximum atomic E-state index is 14.2. The van der Waals surface area contributed by atoms with Gasteiger partial charge in [-0.25, -0.2) is 14.6 Å². The number of hydrogen-bond acceptors (Lipinski definition) is 14. The van der Waals surface area contributed by atoms with Gasteiger partial charge in [0.25, 0.3) is 0 Å². The Bertz CT molecular complexity index is 2410. The summed E-state index contributed by atoms with van der Waals surface area (Å²) in [5.74, 6) is -1.95. The number of benzene rings is 3. The smallest absolute Gasteiger partial charge is 0.379 e. The molecule has 4 heterocycles. The Labute approximate surface area is 378 Å². The van der Waals surface area contributed by atoms with Crippen LogP contribution in [0, 0.1) is 0 Å². The second-order valence-corrected chi connectivity index (χ2v) is 19.1. The molecule has 0 unspecified atom stereocenters. The zero-order chi connectivity index (χ0) is 44.8. The largest absolute Gasteiger partial charge is 0.457 e. The average molecular weight is 907 g/mol. The van der Waals surface area contributed by atoms with Gasteiger partial charge in [-0.1, -0.05) is 101 Å². The SMILES string of the molecule is CN[n+]1ccc(SCC2=C(C(=O)ONC(=O)/C(=N\OC(C)(C)C(=O)OC(C)(C)C)c3csc(NC(c4ccccc4)(c4ccccc4)c4ccccc4)n3)N3C(=O)C[C@@H]3SC2)cc1. The van der Waals surface area contributed by atoms with E-state index in [0.29, 0.717) is 28.6 Å². The molecule has 2 aliphatic rings. The molecule has 0 aliphatic carbocycles. The number of amides is 2. The van der Waals surface area contributed by atoms with Crippen LogP contribution in [-0.2, 0) is 39.1 Å². The predicted molar refractivity (Wildman–Crippen MR) is 244 cm³/mol. The number of carbonyl (C=O) groups excluding carboxylic acids is 4. The zero-order valence-electron chi connectivity index (χ0n) is 35.6. The topological polar surface area (TPSA) is 164 Å². The van der Waals surface area contributed by atoms with Crippen molar-refractivity contribution in [3.8, 4) is 0 Å². The van der Waals surface area contributed by atoms with E-state index in [9.17, 15) is 19.2 Å². The van der Waals surface area contributed by atoms with Gasteiger partial charge in [0.1, 0.15) is 22.5 Å². The summed E-state index contributed by atoms with van der Waals surface area (Å²) in [5, 5.41) is 9.67. The first-order valence-electron chi connectivity index (χ1n) is 20.1. The van der Waals surface area contributed by atoms with Crippen molar-refractivity contribution in [1.29, 1.82) is 0 Å². The van der Waals surface area contributed by atoms with Gasteiger partial charge in [0.2, 0.25) is 23.9 Å². The number of nitrogens with zero attached hydrogens (tertiary/aromatic N) is 4. The number of rotatable bonds is 15. The lowest BCUT2D eigenvalue weighted by Gasteiger charge is -2.44. The van der Waals surface area contributed by atoms with E-state index >= 15 is 0 Å². The molecule has 7 rings (SSSR count). The molecule has 5 aromatic rings. The minimum Gasteiger partial charge on any atom is -0.457 e. The van der Waals surface area contributed by atoms with Crippen molar-refractivity contribution < 1.29 is 38.3 Å².